The minimum absolute atomic E-state index is 0.00315. The summed E-state index contributed by atoms with van der Waals surface area (Å²) in [6.45, 7) is 9.29. The first kappa shape index (κ1) is 28.0. The van der Waals surface area contributed by atoms with E-state index in [1.807, 2.05) is 6.07 Å². The predicted molar refractivity (Wildman–Crippen MR) is 150 cm³/mol. The highest BCUT2D eigenvalue weighted by Crippen LogP contribution is 2.53. The van der Waals surface area contributed by atoms with Gasteiger partial charge in [-0.2, -0.15) is 0 Å². The Balaban J connectivity index is 1.41. The Morgan fingerprint density at radius 2 is 1.22 bits per heavy atom. The summed E-state index contributed by atoms with van der Waals surface area (Å²) in [6.07, 6.45) is 9.78. The first-order valence-corrected chi connectivity index (χ1v) is 14.3. The van der Waals surface area contributed by atoms with Crippen molar-refractivity contribution < 1.29 is 19.7 Å². The molecule has 2 aromatic rings. The average molecular weight is 509 g/mol. The molecule has 2 aromatic carbocycles. The normalized spacial score (nSPS) is 24.6. The fraction of sp³-hybridized carbons (Fsp3) is 0.636. The number of aliphatic hydroxyl groups is 2. The van der Waals surface area contributed by atoms with E-state index < -0.39 is 0 Å². The smallest absolute Gasteiger partial charge is 0.164 e. The zero-order valence-corrected chi connectivity index (χ0v) is 23.9. The molecule has 0 spiro atoms. The zero-order chi connectivity index (χ0) is 26.7. The topological polar surface area (TPSA) is 58.9 Å². The lowest BCUT2D eigenvalue weighted by Crippen LogP contribution is -2.36. The van der Waals surface area contributed by atoms with E-state index in [0.717, 1.165) is 34.5 Å². The Kier molecular flexibility index (Phi) is 8.91. The van der Waals surface area contributed by atoms with Crippen LogP contribution in [0.2, 0.25) is 0 Å². The van der Waals surface area contributed by atoms with Crippen LogP contribution in [0, 0.1) is 31.1 Å². The predicted octanol–water partition coefficient (Wildman–Crippen LogP) is 7.58. The maximum absolute atomic E-state index is 10.1. The molecule has 2 aliphatic carbocycles. The van der Waals surface area contributed by atoms with Gasteiger partial charge in [0, 0.05) is 5.56 Å². The molecule has 0 atom stereocenters. The number of aliphatic hydroxyl groups excluding tert-OH is 2. The van der Waals surface area contributed by atoms with Gasteiger partial charge in [0.15, 0.2) is 11.5 Å². The number of benzene rings is 2. The van der Waals surface area contributed by atoms with Gasteiger partial charge < -0.3 is 19.7 Å². The number of ether oxygens (including phenoxy) is 2. The van der Waals surface area contributed by atoms with Crippen LogP contribution in [0.4, 0.5) is 0 Å². The molecule has 4 heteroatoms. The Labute approximate surface area is 224 Å². The minimum atomic E-state index is -0.00315. The van der Waals surface area contributed by atoms with Crippen molar-refractivity contribution in [2.24, 2.45) is 17.3 Å². The van der Waals surface area contributed by atoms with Crippen LogP contribution in [-0.4, -0.2) is 24.4 Å². The van der Waals surface area contributed by atoms with Crippen molar-refractivity contribution in [1.82, 2.24) is 0 Å². The molecule has 0 amide bonds. The quantitative estimate of drug-likeness (QED) is 0.386. The Hall–Kier alpha value is -2.04. The van der Waals surface area contributed by atoms with Crippen molar-refractivity contribution >= 4 is 0 Å². The highest BCUT2D eigenvalue weighted by atomic mass is 16.5. The Morgan fingerprint density at radius 3 is 1.70 bits per heavy atom. The fourth-order valence-electron chi connectivity index (χ4n) is 7.69. The molecular formula is C33H48O4. The highest BCUT2D eigenvalue weighted by Gasteiger charge is 2.41. The van der Waals surface area contributed by atoms with Crippen molar-refractivity contribution in [2.45, 2.75) is 104 Å². The van der Waals surface area contributed by atoms with E-state index in [2.05, 4.69) is 45.9 Å². The molecule has 37 heavy (non-hydrogen) atoms. The van der Waals surface area contributed by atoms with E-state index in [4.69, 9.17) is 9.47 Å². The van der Waals surface area contributed by atoms with Crippen molar-refractivity contribution in [3.8, 4) is 11.5 Å². The first-order chi connectivity index (χ1) is 17.7. The number of aryl methyl sites for hydroxylation is 2. The molecule has 0 radical (unpaired) electrons. The van der Waals surface area contributed by atoms with Crippen LogP contribution in [0.25, 0.3) is 0 Å². The molecule has 0 unspecified atom stereocenters. The third-order valence-corrected chi connectivity index (χ3v) is 9.94. The van der Waals surface area contributed by atoms with Crippen LogP contribution >= 0.6 is 0 Å². The largest absolute Gasteiger partial charge is 0.493 e. The summed E-state index contributed by atoms with van der Waals surface area (Å²) in [5, 5.41) is 19.9. The third kappa shape index (κ3) is 5.71. The average Bonchev–Trinajstić information content (AvgIpc) is 2.92. The van der Waals surface area contributed by atoms with Crippen LogP contribution in [0.3, 0.4) is 0 Å². The standard InChI is InChI=1S/C33H48O4/c1-21-15-25(19-34)30(20-35)28(16-21)23-7-11-26(12-8-23)33(3,4)27-13-9-24(10-14-27)29-17-22(2)18-31(36-5)32(29)37-6/h15-18,23-24,26-27,34-35H,7-14,19-20H2,1-6H3. The van der Waals surface area contributed by atoms with Gasteiger partial charge >= 0.3 is 0 Å². The highest BCUT2D eigenvalue weighted by molar-refractivity contribution is 5.51. The van der Waals surface area contributed by atoms with Gasteiger partial charge in [0.05, 0.1) is 27.4 Å². The summed E-state index contributed by atoms with van der Waals surface area (Å²) < 4.78 is 11.4. The maximum atomic E-state index is 10.1. The fourth-order valence-corrected chi connectivity index (χ4v) is 7.69. The minimum Gasteiger partial charge on any atom is -0.493 e. The van der Waals surface area contributed by atoms with Crippen LogP contribution < -0.4 is 9.47 Å². The lowest BCUT2D eigenvalue weighted by molar-refractivity contribution is 0.0510. The van der Waals surface area contributed by atoms with Gasteiger partial charge in [0.1, 0.15) is 0 Å². The van der Waals surface area contributed by atoms with E-state index in [0.29, 0.717) is 17.3 Å². The second-order valence-electron chi connectivity index (χ2n) is 12.3. The summed E-state index contributed by atoms with van der Waals surface area (Å²) >= 11 is 0. The molecule has 0 aliphatic heterocycles. The molecule has 2 fully saturated rings. The van der Waals surface area contributed by atoms with Crippen LogP contribution in [0.5, 0.6) is 11.5 Å². The maximum Gasteiger partial charge on any atom is 0.164 e. The van der Waals surface area contributed by atoms with Crippen molar-refractivity contribution in [1.29, 1.82) is 0 Å². The molecule has 0 saturated heterocycles. The second-order valence-corrected chi connectivity index (χ2v) is 12.3. The van der Waals surface area contributed by atoms with Crippen molar-refractivity contribution in [3.63, 3.8) is 0 Å². The van der Waals surface area contributed by atoms with E-state index >= 15 is 0 Å². The molecule has 0 heterocycles. The Morgan fingerprint density at radius 1 is 0.703 bits per heavy atom. The molecular weight excluding hydrogens is 460 g/mol. The van der Waals surface area contributed by atoms with Gasteiger partial charge in [-0.3, -0.25) is 0 Å². The second kappa shape index (κ2) is 11.8. The van der Waals surface area contributed by atoms with Gasteiger partial charge in [-0.05, 0) is 123 Å². The number of methoxy groups -OCH3 is 2. The van der Waals surface area contributed by atoms with Crippen molar-refractivity contribution in [2.75, 3.05) is 14.2 Å². The molecule has 2 aliphatic rings. The third-order valence-electron chi connectivity index (χ3n) is 9.94. The zero-order valence-electron chi connectivity index (χ0n) is 23.9. The van der Waals surface area contributed by atoms with Gasteiger partial charge in [-0.1, -0.05) is 37.6 Å². The lowest BCUT2D eigenvalue weighted by atomic mass is 9.58. The van der Waals surface area contributed by atoms with Gasteiger partial charge in [0.25, 0.3) is 0 Å². The number of rotatable bonds is 8. The van der Waals surface area contributed by atoms with Crippen LogP contribution in [-0.2, 0) is 13.2 Å². The molecule has 4 rings (SSSR count). The van der Waals surface area contributed by atoms with E-state index in [1.165, 1.54) is 73.6 Å². The monoisotopic (exact) mass is 508 g/mol. The van der Waals surface area contributed by atoms with Crippen molar-refractivity contribution in [3.05, 3.63) is 57.6 Å². The number of hydrogen-bond donors (Lipinski definition) is 2. The molecule has 0 aromatic heterocycles. The molecule has 4 nitrogen and oxygen atoms in total. The summed E-state index contributed by atoms with van der Waals surface area (Å²) in [5.41, 5.74) is 7.17. The molecule has 204 valence electrons. The van der Waals surface area contributed by atoms with Crippen LogP contribution in [0.15, 0.2) is 24.3 Å². The van der Waals surface area contributed by atoms with Gasteiger partial charge in [0.2, 0.25) is 0 Å². The van der Waals surface area contributed by atoms with E-state index in [-0.39, 0.29) is 13.2 Å². The Bertz CT molecular complexity index is 973. The lowest BCUT2D eigenvalue weighted by Gasteiger charge is -2.47. The summed E-state index contributed by atoms with van der Waals surface area (Å²) in [6, 6.07) is 8.63. The van der Waals surface area contributed by atoms with E-state index in [9.17, 15) is 10.2 Å². The molecule has 0 bridgehead atoms. The summed E-state index contributed by atoms with van der Waals surface area (Å²) in [5.74, 6) is 4.26. The SMILES string of the molecule is COc1cc(C)cc(C2CCC(C(C)(C)C3CCC(c4cc(C)cc(CO)c4CO)CC3)CC2)c1OC. The van der Waals surface area contributed by atoms with Crippen LogP contribution in [0.1, 0.15) is 110 Å². The summed E-state index contributed by atoms with van der Waals surface area (Å²) in [7, 11) is 3.48. The first-order valence-electron chi connectivity index (χ1n) is 14.3. The van der Waals surface area contributed by atoms with Gasteiger partial charge in [-0.15, -0.1) is 0 Å². The molecule has 2 saturated carbocycles. The number of hydrogen-bond acceptors (Lipinski definition) is 4. The molecule has 2 N–H and O–H groups in total. The summed E-state index contributed by atoms with van der Waals surface area (Å²) in [4.78, 5) is 0. The van der Waals surface area contributed by atoms with E-state index in [1.54, 1.807) is 14.2 Å². The van der Waals surface area contributed by atoms with Gasteiger partial charge in [-0.25, -0.2) is 0 Å².